The summed E-state index contributed by atoms with van der Waals surface area (Å²) in [7, 11) is 1.97. The van der Waals surface area contributed by atoms with E-state index in [1.165, 1.54) is 0 Å². The normalized spacial score (nSPS) is 15.2. The van der Waals surface area contributed by atoms with Crippen molar-refractivity contribution in [3.63, 3.8) is 0 Å². The van der Waals surface area contributed by atoms with E-state index >= 15 is 0 Å². The van der Waals surface area contributed by atoms with Crippen LogP contribution in [0.1, 0.15) is 32.1 Å². The number of nitrogens with zero attached hydrogens (tertiary/aromatic N) is 3. The lowest BCUT2D eigenvalue weighted by atomic mass is 10.0. The number of benzene rings is 1. The molecule has 2 heterocycles. The van der Waals surface area contributed by atoms with Gasteiger partial charge in [0.2, 0.25) is 17.6 Å². The van der Waals surface area contributed by atoms with Crippen molar-refractivity contribution in [1.29, 1.82) is 0 Å². The summed E-state index contributed by atoms with van der Waals surface area (Å²) in [6.07, 6.45) is 2.87. The molecule has 1 N–H and O–H groups in total. The van der Waals surface area contributed by atoms with Crippen molar-refractivity contribution >= 4 is 5.91 Å². The standard InChI is InChI=1S/C19H26N4O3/c1-3-25-16-6-4-14(5-7-16)19-21-17(26-22-19)8-9-18(24)23-12-10-15(20-2)11-13-23/h4-7,15,20H,3,8-13H2,1-2H3. The van der Waals surface area contributed by atoms with E-state index in [2.05, 4.69) is 15.5 Å². The summed E-state index contributed by atoms with van der Waals surface area (Å²) in [6.45, 7) is 4.20. The lowest BCUT2D eigenvalue weighted by Crippen LogP contribution is -2.44. The molecule has 7 nitrogen and oxygen atoms in total. The minimum absolute atomic E-state index is 0.153. The molecule has 0 saturated carbocycles. The summed E-state index contributed by atoms with van der Waals surface area (Å²) in [5, 5.41) is 7.28. The molecule has 1 aliphatic rings. The number of aryl methyl sites for hydroxylation is 1. The second kappa shape index (κ2) is 8.80. The van der Waals surface area contributed by atoms with Gasteiger partial charge in [-0.3, -0.25) is 4.79 Å². The molecule has 0 atom stereocenters. The van der Waals surface area contributed by atoms with E-state index in [1.54, 1.807) is 0 Å². The highest BCUT2D eigenvalue weighted by Crippen LogP contribution is 2.20. The smallest absolute Gasteiger partial charge is 0.227 e. The predicted molar refractivity (Wildman–Crippen MR) is 97.9 cm³/mol. The minimum Gasteiger partial charge on any atom is -0.494 e. The van der Waals surface area contributed by atoms with E-state index < -0.39 is 0 Å². The topological polar surface area (TPSA) is 80.5 Å². The predicted octanol–water partition coefficient (Wildman–Crippen LogP) is 2.28. The lowest BCUT2D eigenvalue weighted by Gasteiger charge is -2.31. The number of likely N-dealkylation sites (tertiary alicyclic amines) is 1. The fourth-order valence-corrected chi connectivity index (χ4v) is 3.13. The second-order valence-corrected chi connectivity index (χ2v) is 6.41. The van der Waals surface area contributed by atoms with Crippen LogP contribution < -0.4 is 10.1 Å². The summed E-state index contributed by atoms with van der Waals surface area (Å²) in [6, 6.07) is 8.08. The van der Waals surface area contributed by atoms with Crippen LogP contribution in [0.15, 0.2) is 28.8 Å². The van der Waals surface area contributed by atoms with E-state index in [9.17, 15) is 4.79 Å². The highest BCUT2D eigenvalue weighted by molar-refractivity contribution is 5.76. The monoisotopic (exact) mass is 358 g/mol. The second-order valence-electron chi connectivity index (χ2n) is 6.41. The van der Waals surface area contributed by atoms with E-state index in [1.807, 2.05) is 43.1 Å². The van der Waals surface area contributed by atoms with Gasteiger partial charge in [-0.2, -0.15) is 4.98 Å². The van der Waals surface area contributed by atoms with Crippen molar-refractivity contribution in [3.8, 4) is 17.1 Å². The van der Waals surface area contributed by atoms with Crippen LogP contribution in [-0.2, 0) is 11.2 Å². The first-order chi connectivity index (χ1) is 12.7. The quantitative estimate of drug-likeness (QED) is 0.818. The third-order valence-corrected chi connectivity index (χ3v) is 4.70. The molecule has 26 heavy (non-hydrogen) atoms. The molecule has 1 saturated heterocycles. The van der Waals surface area contributed by atoms with E-state index in [-0.39, 0.29) is 5.91 Å². The summed E-state index contributed by atoms with van der Waals surface area (Å²) in [4.78, 5) is 18.7. The van der Waals surface area contributed by atoms with Gasteiger partial charge in [0, 0.05) is 37.5 Å². The van der Waals surface area contributed by atoms with Crippen molar-refractivity contribution in [2.24, 2.45) is 0 Å². The van der Waals surface area contributed by atoms with Crippen LogP contribution in [0.4, 0.5) is 0 Å². The highest BCUT2D eigenvalue weighted by Gasteiger charge is 2.22. The third kappa shape index (κ3) is 4.60. The van der Waals surface area contributed by atoms with Gasteiger partial charge in [0.1, 0.15) is 5.75 Å². The number of nitrogens with one attached hydrogen (secondary N) is 1. The molecule has 1 aromatic carbocycles. The fraction of sp³-hybridized carbons (Fsp3) is 0.526. The Bertz CT molecular complexity index is 706. The molecule has 0 bridgehead atoms. The molecule has 1 aliphatic heterocycles. The zero-order chi connectivity index (χ0) is 18.4. The lowest BCUT2D eigenvalue weighted by molar-refractivity contribution is -0.132. The van der Waals surface area contributed by atoms with Gasteiger partial charge in [0.05, 0.1) is 6.61 Å². The molecule has 140 valence electrons. The van der Waals surface area contributed by atoms with Crippen LogP contribution >= 0.6 is 0 Å². The first-order valence-corrected chi connectivity index (χ1v) is 9.20. The summed E-state index contributed by atoms with van der Waals surface area (Å²) >= 11 is 0. The maximum atomic E-state index is 12.3. The van der Waals surface area contributed by atoms with Gasteiger partial charge in [-0.15, -0.1) is 0 Å². The molecule has 3 rings (SSSR count). The van der Waals surface area contributed by atoms with Gasteiger partial charge < -0.3 is 19.5 Å². The number of hydrogen-bond acceptors (Lipinski definition) is 6. The van der Waals surface area contributed by atoms with Gasteiger partial charge in [-0.1, -0.05) is 5.16 Å². The molecule has 1 aromatic heterocycles. The zero-order valence-corrected chi connectivity index (χ0v) is 15.4. The molecule has 0 unspecified atom stereocenters. The fourth-order valence-electron chi connectivity index (χ4n) is 3.13. The van der Waals surface area contributed by atoms with E-state index in [0.717, 1.165) is 37.2 Å². The number of amides is 1. The Morgan fingerprint density at radius 3 is 2.69 bits per heavy atom. The Balaban J connectivity index is 1.51. The molecular formula is C19H26N4O3. The van der Waals surface area contributed by atoms with Crippen LogP contribution in [-0.4, -0.2) is 53.7 Å². The van der Waals surface area contributed by atoms with Crippen molar-refractivity contribution in [3.05, 3.63) is 30.2 Å². The van der Waals surface area contributed by atoms with Crippen LogP contribution in [0.5, 0.6) is 5.75 Å². The number of ether oxygens (including phenoxy) is 1. The summed E-state index contributed by atoms with van der Waals surface area (Å²) in [5.41, 5.74) is 0.865. The van der Waals surface area contributed by atoms with Crippen molar-refractivity contribution < 1.29 is 14.1 Å². The van der Waals surface area contributed by atoms with Crippen molar-refractivity contribution in [1.82, 2.24) is 20.4 Å². The first-order valence-electron chi connectivity index (χ1n) is 9.20. The Kier molecular flexibility index (Phi) is 6.22. The molecule has 0 radical (unpaired) electrons. The average Bonchev–Trinajstić information content (AvgIpc) is 3.16. The van der Waals surface area contributed by atoms with Crippen molar-refractivity contribution in [2.75, 3.05) is 26.7 Å². The summed E-state index contributed by atoms with van der Waals surface area (Å²) in [5.74, 6) is 1.99. The number of carbonyl (C=O) groups is 1. The molecular weight excluding hydrogens is 332 g/mol. The van der Waals surface area contributed by atoms with Crippen LogP contribution in [0.3, 0.4) is 0 Å². The van der Waals surface area contributed by atoms with E-state index in [4.69, 9.17) is 9.26 Å². The average molecular weight is 358 g/mol. The van der Waals surface area contributed by atoms with Gasteiger partial charge in [0.15, 0.2) is 0 Å². The zero-order valence-electron chi connectivity index (χ0n) is 15.4. The van der Waals surface area contributed by atoms with Crippen LogP contribution in [0.25, 0.3) is 11.4 Å². The Morgan fingerprint density at radius 1 is 1.31 bits per heavy atom. The molecule has 1 amide bonds. The Labute approximate surface area is 153 Å². The minimum atomic E-state index is 0.153. The number of rotatable bonds is 7. The summed E-state index contributed by atoms with van der Waals surface area (Å²) < 4.78 is 10.7. The maximum Gasteiger partial charge on any atom is 0.227 e. The number of piperidine rings is 1. The molecule has 7 heteroatoms. The molecule has 1 fully saturated rings. The maximum absolute atomic E-state index is 12.3. The van der Waals surface area contributed by atoms with Crippen LogP contribution in [0, 0.1) is 0 Å². The van der Waals surface area contributed by atoms with Crippen LogP contribution in [0.2, 0.25) is 0 Å². The number of carbonyl (C=O) groups excluding carboxylic acids is 1. The Hall–Kier alpha value is -2.41. The van der Waals surface area contributed by atoms with Gasteiger partial charge in [-0.05, 0) is 51.1 Å². The SMILES string of the molecule is CCOc1ccc(-c2noc(CCC(=O)N3CCC(NC)CC3)n2)cc1. The van der Waals surface area contributed by atoms with Gasteiger partial charge >= 0.3 is 0 Å². The molecule has 0 aliphatic carbocycles. The number of aromatic nitrogens is 2. The molecule has 0 spiro atoms. The van der Waals surface area contributed by atoms with E-state index in [0.29, 0.717) is 37.2 Å². The number of hydrogen-bond donors (Lipinski definition) is 1. The molecule has 2 aromatic rings. The Morgan fingerprint density at radius 2 is 2.04 bits per heavy atom. The first kappa shape index (κ1) is 18.4. The highest BCUT2D eigenvalue weighted by atomic mass is 16.5. The van der Waals surface area contributed by atoms with Gasteiger partial charge in [-0.25, -0.2) is 0 Å². The van der Waals surface area contributed by atoms with Gasteiger partial charge in [0.25, 0.3) is 0 Å². The largest absolute Gasteiger partial charge is 0.494 e. The third-order valence-electron chi connectivity index (χ3n) is 4.70. The van der Waals surface area contributed by atoms with Crippen molar-refractivity contribution in [2.45, 2.75) is 38.6 Å².